The molecule has 0 spiro atoms. The SMILES string of the molecule is C=CC(O)O[C@H]1[C@@]2(N)C(=C(O)c3c(O)cccc3[C@@H]2N)C(=O)[C@]2(C#N)C(O)=C(C(N)=O)C(=O)[C@@H](N(C)C)[C@]12N. The van der Waals surface area contributed by atoms with Crippen molar-refractivity contribution in [3.63, 3.8) is 0 Å². The second kappa shape index (κ2) is 8.71. The summed E-state index contributed by atoms with van der Waals surface area (Å²) in [6, 6.07) is 2.34. The van der Waals surface area contributed by atoms with Gasteiger partial charge in [0.25, 0.3) is 5.91 Å². The molecule has 12 N–H and O–H groups in total. The maximum Gasteiger partial charge on any atom is 0.255 e. The van der Waals surface area contributed by atoms with Crippen molar-refractivity contribution in [1.82, 2.24) is 4.90 Å². The van der Waals surface area contributed by atoms with Crippen molar-refractivity contribution >= 4 is 23.2 Å². The summed E-state index contributed by atoms with van der Waals surface area (Å²) in [5, 5.41) is 54.3. The molecule has 3 aliphatic carbocycles. The van der Waals surface area contributed by atoms with Gasteiger partial charge in [0.1, 0.15) is 34.5 Å². The van der Waals surface area contributed by atoms with Gasteiger partial charge in [0.05, 0.1) is 34.8 Å². The molecule has 39 heavy (non-hydrogen) atoms. The lowest BCUT2D eigenvalue weighted by molar-refractivity contribution is -0.193. The van der Waals surface area contributed by atoms with Crippen LogP contribution in [0.5, 0.6) is 5.75 Å². The number of fused-ring (bicyclic) bond motifs is 3. The first kappa shape index (κ1) is 27.9. The fourth-order valence-electron chi connectivity index (χ4n) is 6.23. The molecule has 0 saturated heterocycles. The number of nitriles is 1. The van der Waals surface area contributed by atoms with E-state index in [1.165, 1.54) is 37.2 Å². The van der Waals surface area contributed by atoms with Gasteiger partial charge in [0, 0.05) is 0 Å². The summed E-state index contributed by atoms with van der Waals surface area (Å²) in [5.74, 6) is -6.82. The van der Waals surface area contributed by atoms with E-state index in [1.54, 1.807) is 6.07 Å². The third kappa shape index (κ3) is 3.08. The van der Waals surface area contributed by atoms with Crippen LogP contribution in [0.2, 0.25) is 0 Å². The Balaban J connectivity index is 2.28. The van der Waals surface area contributed by atoms with E-state index in [9.17, 15) is 40.1 Å². The number of aliphatic hydroxyl groups is 3. The number of hydrogen-bond acceptors (Lipinski definition) is 13. The third-order valence-electron chi connectivity index (χ3n) is 7.86. The summed E-state index contributed by atoms with van der Waals surface area (Å²) in [6.45, 7) is 3.42. The van der Waals surface area contributed by atoms with E-state index in [4.69, 9.17) is 27.7 Å². The molecule has 1 amide bonds. The first-order valence-electron chi connectivity index (χ1n) is 11.6. The molecule has 3 aliphatic rings. The quantitative estimate of drug-likeness (QED) is 0.113. The van der Waals surface area contributed by atoms with Gasteiger partial charge in [0.2, 0.25) is 0 Å². The largest absolute Gasteiger partial charge is 0.509 e. The smallest absolute Gasteiger partial charge is 0.255 e. The van der Waals surface area contributed by atoms with Crippen LogP contribution in [0.1, 0.15) is 17.2 Å². The Morgan fingerprint density at radius 2 is 1.87 bits per heavy atom. The van der Waals surface area contributed by atoms with Gasteiger partial charge in [-0.3, -0.25) is 19.3 Å². The topological polar surface area (TPSA) is 272 Å². The van der Waals surface area contributed by atoms with Crippen LogP contribution in [0, 0.1) is 16.7 Å². The molecule has 4 rings (SSSR count). The van der Waals surface area contributed by atoms with Crippen LogP contribution in [0.25, 0.3) is 5.76 Å². The number of aliphatic hydroxyl groups excluding tert-OH is 3. The Hall–Kier alpha value is -4.10. The van der Waals surface area contributed by atoms with Crippen molar-refractivity contribution in [3.05, 3.63) is 58.9 Å². The first-order valence-corrected chi connectivity index (χ1v) is 11.6. The summed E-state index contributed by atoms with van der Waals surface area (Å²) in [7, 11) is 2.68. The van der Waals surface area contributed by atoms with Gasteiger partial charge in [-0.1, -0.05) is 18.7 Å². The molecule has 1 fully saturated rings. The number of amides is 1. The van der Waals surface area contributed by atoms with Crippen LogP contribution in [-0.2, 0) is 19.1 Å². The monoisotopic (exact) mass is 540 g/mol. The van der Waals surface area contributed by atoms with Crippen molar-refractivity contribution < 1.29 is 39.5 Å². The molecule has 0 heterocycles. The lowest BCUT2D eigenvalue weighted by Gasteiger charge is -2.63. The second-order valence-corrected chi connectivity index (χ2v) is 9.96. The molecule has 0 aromatic heterocycles. The lowest BCUT2D eigenvalue weighted by atomic mass is 9.45. The van der Waals surface area contributed by atoms with E-state index in [2.05, 4.69) is 6.58 Å². The predicted molar refractivity (Wildman–Crippen MR) is 134 cm³/mol. The van der Waals surface area contributed by atoms with E-state index >= 15 is 0 Å². The molecule has 1 saturated carbocycles. The molecule has 1 unspecified atom stereocenters. The number of likely N-dealkylation sites (N-methyl/N-ethyl adjacent to an activating group) is 1. The van der Waals surface area contributed by atoms with Crippen molar-refractivity contribution in [2.75, 3.05) is 14.1 Å². The number of phenolic OH excluding ortho intramolecular Hbond substituents is 1. The van der Waals surface area contributed by atoms with Gasteiger partial charge in [-0.25, -0.2) is 0 Å². The Morgan fingerprint density at radius 3 is 2.38 bits per heavy atom. The van der Waals surface area contributed by atoms with Gasteiger partial charge in [0.15, 0.2) is 23.3 Å². The number of carbonyl (C=O) groups is 3. The van der Waals surface area contributed by atoms with Crippen LogP contribution in [-0.4, -0.2) is 86.4 Å². The molecule has 14 nitrogen and oxygen atoms in total. The van der Waals surface area contributed by atoms with Gasteiger partial charge in [-0.15, -0.1) is 0 Å². The molecule has 0 aliphatic heterocycles. The summed E-state index contributed by atoms with van der Waals surface area (Å²) in [6.07, 6.45) is -2.97. The number of primary amides is 1. The van der Waals surface area contributed by atoms with Crippen molar-refractivity contribution in [3.8, 4) is 11.8 Å². The van der Waals surface area contributed by atoms with Crippen LogP contribution in [0.3, 0.4) is 0 Å². The number of phenols is 1. The number of carbonyl (C=O) groups excluding carboxylic acids is 3. The number of nitrogens with zero attached hydrogens (tertiary/aromatic N) is 2. The minimum absolute atomic E-state index is 0.0439. The summed E-state index contributed by atoms with van der Waals surface area (Å²) < 4.78 is 5.77. The molecule has 0 radical (unpaired) electrons. The normalized spacial score (nSPS) is 34.7. The van der Waals surface area contributed by atoms with Crippen molar-refractivity contribution in [2.45, 2.75) is 35.6 Å². The molecule has 1 aromatic carbocycles. The maximum atomic E-state index is 14.4. The van der Waals surface area contributed by atoms with Crippen LogP contribution < -0.4 is 22.9 Å². The summed E-state index contributed by atoms with van der Waals surface area (Å²) in [4.78, 5) is 41.6. The highest BCUT2D eigenvalue weighted by atomic mass is 16.6. The molecule has 206 valence electrons. The van der Waals surface area contributed by atoms with Crippen LogP contribution in [0.15, 0.2) is 47.8 Å². The Labute approximate surface area is 222 Å². The number of hydrogen-bond donors (Lipinski definition) is 8. The minimum Gasteiger partial charge on any atom is -0.509 e. The highest BCUT2D eigenvalue weighted by Gasteiger charge is 2.80. The number of aromatic hydroxyl groups is 1. The first-order chi connectivity index (χ1) is 18.1. The number of ketones is 2. The van der Waals surface area contributed by atoms with E-state index in [-0.39, 0.29) is 11.1 Å². The molecule has 7 atom stereocenters. The van der Waals surface area contributed by atoms with Crippen LogP contribution >= 0.6 is 0 Å². The van der Waals surface area contributed by atoms with E-state index in [0.29, 0.717) is 0 Å². The zero-order chi connectivity index (χ0) is 29.4. The number of ether oxygens (including phenoxy) is 1. The molecular weight excluding hydrogens is 512 g/mol. The Bertz CT molecular complexity index is 1450. The van der Waals surface area contributed by atoms with E-state index in [1.807, 2.05) is 0 Å². The number of rotatable bonds is 5. The maximum absolute atomic E-state index is 14.4. The average Bonchev–Trinajstić information content (AvgIpc) is 2.84. The number of Topliss-reactive ketones (excluding diaryl/α,β-unsaturated/α-hetero) is 2. The van der Waals surface area contributed by atoms with Gasteiger partial charge in [-0.2, -0.15) is 5.26 Å². The highest BCUT2D eigenvalue weighted by molar-refractivity contribution is 6.26. The highest BCUT2D eigenvalue weighted by Crippen LogP contribution is 2.61. The zero-order valence-electron chi connectivity index (χ0n) is 21.0. The third-order valence-corrected chi connectivity index (χ3v) is 7.86. The van der Waals surface area contributed by atoms with Gasteiger partial charge >= 0.3 is 0 Å². The zero-order valence-corrected chi connectivity index (χ0v) is 21.0. The molecule has 1 aromatic rings. The Morgan fingerprint density at radius 1 is 1.26 bits per heavy atom. The van der Waals surface area contributed by atoms with Gasteiger partial charge < -0.3 is 48.1 Å². The molecule has 0 bridgehead atoms. The van der Waals surface area contributed by atoms with Crippen molar-refractivity contribution in [1.29, 1.82) is 5.26 Å². The van der Waals surface area contributed by atoms with Crippen LogP contribution in [0.4, 0.5) is 0 Å². The number of nitrogens with two attached hydrogens (primary N) is 4. The molecule has 14 heteroatoms. The Kier molecular flexibility index (Phi) is 6.24. The fraction of sp³-hybridized carbons (Fsp3) is 0.360. The minimum atomic E-state index is -3.03. The number of benzene rings is 1. The predicted octanol–water partition coefficient (Wildman–Crippen LogP) is -2.14. The second-order valence-electron chi connectivity index (χ2n) is 9.96. The molecular formula is C25H28N6O8. The standard InChI is InChI=1S/C25H28N6O8/c1-4-11(33)39-22-24(29)14(15(34)12-9(17(24)27)6-5-7-10(12)32)20(37)23(8-26)19(36)13(21(28)38)16(35)18(31(2)3)25(22,23)30/h4-7,11,17-18,22,32-34,36H,1,27,29-30H2,2-3H3,(H2,28,38)/t11?,17-,18+,22-,23-,24+,25-/m0/s1. The summed E-state index contributed by atoms with van der Waals surface area (Å²) >= 11 is 0. The van der Waals surface area contributed by atoms with E-state index in [0.717, 1.165) is 6.08 Å². The van der Waals surface area contributed by atoms with E-state index < -0.39 is 86.9 Å². The average molecular weight is 541 g/mol. The van der Waals surface area contributed by atoms with Crippen molar-refractivity contribution in [2.24, 2.45) is 28.3 Å². The van der Waals surface area contributed by atoms with Gasteiger partial charge in [-0.05, 0) is 31.8 Å². The fourth-order valence-corrected chi connectivity index (χ4v) is 6.23. The summed E-state index contributed by atoms with van der Waals surface area (Å²) in [5.41, 5.74) is 15.5. The lowest BCUT2D eigenvalue weighted by Crippen LogP contribution is -2.88.